The Hall–Kier alpha value is -1.53. The van der Waals surface area contributed by atoms with Crippen molar-refractivity contribution in [3.8, 4) is 0 Å². The van der Waals surface area contributed by atoms with Crippen molar-refractivity contribution in [2.24, 2.45) is 0 Å². The fraction of sp³-hybridized carbons (Fsp3) is 0.471. The molecule has 1 aliphatic heterocycles. The molecule has 1 saturated heterocycles. The lowest BCUT2D eigenvalue weighted by atomic mass is 10.0. The van der Waals surface area contributed by atoms with E-state index in [1.165, 1.54) is 33.7 Å². The molecule has 3 aromatic rings. The zero-order valence-electron chi connectivity index (χ0n) is 13.7. The SMILES string of the molecule is Cc1csc(C2CCCCN2c2ncnc3sc(C)c(C)c23)n1. The lowest BCUT2D eigenvalue weighted by molar-refractivity contribution is 0.469. The molecular formula is C17H20N4S2. The molecule has 1 fully saturated rings. The normalized spacial score (nSPS) is 18.7. The molecule has 0 radical (unpaired) electrons. The second-order valence-electron chi connectivity index (χ2n) is 6.19. The van der Waals surface area contributed by atoms with Crippen LogP contribution in [0.2, 0.25) is 0 Å². The maximum atomic E-state index is 4.75. The van der Waals surface area contributed by atoms with Gasteiger partial charge >= 0.3 is 0 Å². The topological polar surface area (TPSA) is 41.9 Å². The number of thiazole rings is 1. The van der Waals surface area contributed by atoms with E-state index < -0.39 is 0 Å². The number of hydrogen-bond donors (Lipinski definition) is 0. The Balaban J connectivity index is 1.84. The summed E-state index contributed by atoms with van der Waals surface area (Å²) < 4.78 is 0. The highest BCUT2D eigenvalue weighted by Crippen LogP contribution is 2.41. The predicted molar refractivity (Wildman–Crippen MR) is 97.7 cm³/mol. The van der Waals surface area contributed by atoms with Gasteiger partial charge in [-0.3, -0.25) is 0 Å². The minimum atomic E-state index is 0.347. The van der Waals surface area contributed by atoms with E-state index in [0.717, 1.165) is 29.3 Å². The number of rotatable bonds is 2. The number of thiophene rings is 1. The minimum Gasteiger partial charge on any atom is -0.346 e. The first-order valence-electron chi connectivity index (χ1n) is 8.04. The Labute approximate surface area is 144 Å². The molecule has 1 aliphatic rings. The summed E-state index contributed by atoms with van der Waals surface area (Å²) in [6, 6.07) is 0.347. The summed E-state index contributed by atoms with van der Waals surface area (Å²) in [5.74, 6) is 1.09. The molecular weight excluding hydrogens is 324 g/mol. The molecule has 0 N–H and O–H groups in total. The average Bonchev–Trinajstić information content (AvgIpc) is 3.11. The molecule has 0 spiro atoms. The van der Waals surface area contributed by atoms with Gasteiger partial charge in [-0.15, -0.1) is 22.7 Å². The molecule has 0 aliphatic carbocycles. The highest BCUT2D eigenvalue weighted by molar-refractivity contribution is 7.18. The molecule has 0 amide bonds. The van der Waals surface area contributed by atoms with E-state index in [1.807, 2.05) is 0 Å². The zero-order chi connectivity index (χ0) is 16.0. The Morgan fingerprint density at radius 3 is 2.83 bits per heavy atom. The van der Waals surface area contributed by atoms with Crippen molar-refractivity contribution in [3.63, 3.8) is 0 Å². The molecule has 4 nitrogen and oxygen atoms in total. The van der Waals surface area contributed by atoms with Crippen molar-refractivity contribution in [2.45, 2.75) is 46.1 Å². The number of fused-ring (bicyclic) bond motifs is 1. The van der Waals surface area contributed by atoms with Crippen molar-refractivity contribution < 1.29 is 0 Å². The van der Waals surface area contributed by atoms with E-state index in [-0.39, 0.29) is 0 Å². The van der Waals surface area contributed by atoms with Gasteiger partial charge in [0.1, 0.15) is 22.0 Å². The van der Waals surface area contributed by atoms with Crippen molar-refractivity contribution in [1.82, 2.24) is 15.0 Å². The van der Waals surface area contributed by atoms with E-state index >= 15 is 0 Å². The van der Waals surface area contributed by atoms with Gasteiger partial charge in [0, 0.05) is 22.5 Å². The van der Waals surface area contributed by atoms with Crippen LogP contribution in [0.15, 0.2) is 11.7 Å². The van der Waals surface area contributed by atoms with Crippen LogP contribution in [0.5, 0.6) is 0 Å². The van der Waals surface area contributed by atoms with Crippen LogP contribution in [0, 0.1) is 20.8 Å². The molecule has 23 heavy (non-hydrogen) atoms. The molecule has 0 saturated carbocycles. The lowest BCUT2D eigenvalue weighted by Gasteiger charge is -2.35. The molecule has 4 heterocycles. The molecule has 3 aromatic heterocycles. The first-order chi connectivity index (χ1) is 11.1. The second kappa shape index (κ2) is 5.83. The summed E-state index contributed by atoms with van der Waals surface area (Å²) in [6.45, 7) is 7.48. The van der Waals surface area contributed by atoms with Crippen molar-refractivity contribution in [3.05, 3.63) is 32.8 Å². The van der Waals surface area contributed by atoms with Crippen molar-refractivity contribution >= 4 is 38.7 Å². The highest BCUT2D eigenvalue weighted by Gasteiger charge is 2.29. The smallest absolute Gasteiger partial charge is 0.141 e. The summed E-state index contributed by atoms with van der Waals surface area (Å²) in [4.78, 5) is 18.8. The van der Waals surface area contributed by atoms with Gasteiger partial charge < -0.3 is 4.90 Å². The largest absolute Gasteiger partial charge is 0.346 e. The summed E-state index contributed by atoms with van der Waals surface area (Å²) in [5, 5.41) is 4.60. The molecule has 120 valence electrons. The van der Waals surface area contributed by atoms with Gasteiger partial charge in [-0.1, -0.05) is 0 Å². The predicted octanol–water partition coefficient (Wildman–Crippen LogP) is 4.80. The van der Waals surface area contributed by atoms with E-state index in [0.29, 0.717) is 6.04 Å². The number of piperidine rings is 1. The van der Waals surface area contributed by atoms with Gasteiger partial charge in [0.2, 0.25) is 0 Å². The quantitative estimate of drug-likeness (QED) is 0.669. The number of nitrogens with zero attached hydrogens (tertiary/aromatic N) is 4. The first-order valence-corrected chi connectivity index (χ1v) is 9.74. The van der Waals surface area contributed by atoms with Crippen LogP contribution < -0.4 is 4.90 Å². The van der Waals surface area contributed by atoms with Gasteiger partial charge in [-0.05, 0) is 45.6 Å². The molecule has 0 aromatic carbocycles. The van der Waals surface area contributed by atoms with E-state index in [1.54, 1.807) is 29.0 Å². The Bertz CT molecular complexity index is 852. The monoisotopic (exact) mass is 344 g/mol. The molecule has 4 rings (SSSR count). The first kappa shape index (κ1) is 15.0. The summed E-state index contributed by atoms with van der Waals surface area (Å²) >= 11 is 3.54. The van der Waals surface area contributed by atoms with Crippen LogP contribution in [0.3, 0.4) is 0 Å². The van der Waals surface area contributed by atoms with Crippen LogP contribution in [0.25, 0.3) is 10.2 Å². The fourth-order valence-corrected chi connectivity index (χ4v) is 5.28. The van der Waals surface area contributed by atoms with E-state index in [9.17, 15) is 0 Å². The van der Waals surface area contributed by atoms with Crippen LogP contribution in [-0.2, 0) is 0 Å². The molecule has 1 unspecified atom stereocenters. The maximum absolute atomic E-state index is 4.75. The van der Waals surface area contributed by atoms with Gasteiger partial charge in [0.05, 0.1) is 11.4 Å². The van der Waals surface area contributed by atoms with Crippen molar-refractivity contribution in [1.29, 1.82) is 0 Å². The Morgan fingerprint density at radius 2 is 2.04 bits per heavy atom. The molecule has 6 heteroatoms. The van der Waals surface area contributed by atoms with Crippen LogP contribution >= 0.6 is 22.7 Å². The third-order valence-electron chi connectivity index (χ3n) is 4.64. The molecule has 0 bridgehead atoms. The lowest BCUT2D eigenvalue weighted by Crippen LogP contribution is -2.34. The molecule has 1 atom stereocenters. The zero-order valence-corrected chi connectivity index (χ0v) is 15.3. The third kappa shape index (κ3) is 2.54. The second-order valence-corrected chi connectivity index (χ2v) is 8.29. The minimum absolute atomic E-state index is 0.347. The summed E-state index contributed by atoms with van der Waals surface area (Å²) in [5.41, 5.74) is 2.44. The number of aryl methyl sites for hydroxylation is 3. The standard InChI is InChI=1S/C17H20N4S2/c1-10-8-22-16(20-10)13-6-4-5-7-21(13)15-14-11(2)12(3)23-17(14)19-9-18-15/h8-9,13H,4-7H2,1-3H3. The number of aromatic nitrogens is 3. The van der Waals surface area contributed by atoms with Gasteiger partial charge in [-0.2, -0.15) is 0 Å². The third-order valence-corrected chi connectivity index (χ3v) is 6.82. The van der Waals surface area contributed by atoms with Crippen molar-refractivity contribution in [2.75, 3.05) is 11.4 Å². The van der Waals surface area contributed by atoms with Gasteiger partial charge in [0.25, 0.3) is 0 Å². The highest BCUT2D eigenvalue weighted by atomic mass is 32.1. The van der Waals surface area contributed by atoms with E-state index in [2.05, 4.69) is 41.0 Å². The van der Waals surface area contributed by atoms with Gasteiger partial charge in [-0.25, -0.2) is 15.0 Å². The van der Waals surface area contributed by atoms with Crippen LogP contribution in [0.1, 0.15) is 46.4 Å². The maximum Gasteiger partial charge on any atom is 0.141 e. The van der Waals surface area contributed by atoms with Gasteiger partial charge in [0.15, 0.2) is 0 Å². The van der Waals surface area contributed by atoms with Crippen LogP contribution in [-0.4, -0.2) is 21.5 Å². The average molecular weight is 345 g/mol. The number of hydrogen-bond acceptors (Lipinski definition) is 6. The fourth-order valence-electron chi connectivity index (χ4n) is 3.35. The Morgan fingerprint density at radius 1 is 1.17 bits per heavy atom. The Kier molecular flexibility index (Phi) is 3.81. The number of anilines is 1. The summed E-state index contributed by atoms with van der Waals surface area (Å²) in [6.07, 6.45) is 5.34. The summed E-state index contributed by atoms with van der Waals surface area (Å²) in [7, 11) is 0. The van der Waals surface area contributed by atoms with Crippen LogP contribution in [0.4, 0.5) is 5.82 Å². The van der Waals surface area contributed by atoms with E-state index in [4.69, 9.17) is 4.98 Å².